The van der Waals surface area contributed by atoms with Crippen molar-refractivity contribution in [2.24, 2.45) is 5.92 Å². The van der Waals surface area contributed by atoms with Crippen molar-refractivity contribution < 1.29 is 22.3 Å². The first-order valence-electron chi connectivity index (χ1n) is 10.8. The molecule has 0 spiro atoms. The largest absolute Gasteiger partial charge is 0.486 e. The summed E-state index contributed by atoms with van der Waals surface area (Å²) in [5.41, 5.74) is -0.215. The van der Waals surface area contributed by atoms with Crippen molar-refractivity contribution in [3.8, 4) is 5.75 Å². The third-order valence-electron chi connectivity index (χ3n) is 6.23. The predicted octanol–water partition coefficient (Wildman–Crippen LogP) is 2.46. The normalized spacial score (nSPS) is 18.6. The van der Waals surface area contributed by atoms with Crippen LogP contribution in [-0.4, -0.2) is 55.5 Å². The number of nitrogens with zero attached hydrogens (tertiary/aromatic N) is 2. The van der Waals surface area contributed by atoms with E-state index in [1.165, 1.54) is 12.3 Å². The summed E-state index contributed by atoms with van der Waals surface area (Å²) in [5, 5.41) is 1.87. The third kappa shape index (κ3) is 4.32. The van der Waals surface area contributed by atoms with Gasteiger partial charge in [-0.05, 0) is 29.5 Å². The summed E-state index contributed by atoms with van der Waals surface area (Å²) in [6.07, 6.45) is 6.82. The van der Waals surface area contributed by atoms with E-state index >= 15 is 0 Å². The molecule has 0 amide bonds. The van der Waals surface area contributed by atoms with Gasteiger partial charge in [-0.2, -0.15) is 0 Å². The van der Waals surface area contributed by atoms with Crippen LogP contribution in [-0.2, 0) is 21.3 Å². The molecule has 170 valence electrons. The molecule has 8 nitrogen and oxygen atoms in total. The van der Waals surface area contributed by atoms with E-state index in [1.54, 1.807) is 4.31 Å². The Labute approximate surface area is 186 Å². The van der Waals surface area contributed by atoms with Gasteiger partial charge < -0.3 is 18.5 Å². The molecule has 4 heterocycles. The van der Waals surface area contributed by atoms with Crippen LogP contribution >= 0.6 is 0 Å². The lowest BCUT2D eigenvalue weighted by Gasteiger charge is -2.36. The number of aromatic nitrogens is 1. The monoisotopic (exact) mass is 458 g/mol. The van der Waals surface area contributed by atoms with Crippen LogP contribution in [0.1, 0.15) is 18.6 Å². The van der Waals surface area contributed by atoms with Gasteiger partial charge in [0.25, 0.3) is 0 Å². The molecular formula is C23H26N2O6S. The second-order valence-corrected chi connectivity index (χ2v) is 10.7. The predicted molar refractivity (Wildman–Crippen MR) is 119 cm³/mol. The standard InChI is InChI=1S/C23H26N2O6S/c26-22-9-20(12-24-10-18-3-1-2-4-19(18)11-24)30-16-23(22)31-13-17-5-7-25(8-6-17)32(27,28)21-14-29-15-21/h1-4,9-11,16-17,21H,5-8,12-15H2. The minimum Gasteiger partial charge on any atom is -0.486 e. The van der Waals surface area contributed by atoms with Crippen molar-refractivity contribution in [2.75, 3.05) is 32.9 Å². The minimum absolute atomic E-state index is 0.188. The molecule has 32 heavy (non-hydrogen) atoms. The summed E-state index contributed by atoms with van der Waals surface area (Å²) in [4.78, 5) is 12.5. The van der Waals surface area contributed by atoms with E-state index in [2.05, 4.69) is 0 Å². The van der Waals surface area contributed by atoms with Crippen molar-refractivity contribution >= 4 is 20.8 Å². The molecule has 2 aliphatic heterocycles. The van der Waals surface area contributed by atoms with Crippen molar-refractivity contribution in [3.63, 3.8) is 0 Å². The minimum atomic E-state index is -3.26. The molecule has 0 saturated carbocycles. The Bertz CT molecular complexity index is 1220. The smallest absolute Gasteiger partial charge is 0.227 e. The second-order valence-electron chi connectivity index (χ2n) is 8.49. The summed E-state index contributed by atoms with van der Waals surface area (Å²) in [6, 6.07) is 9.53. The van der Waals surface area contributed by atoms with Crippen LogP contribution in [0.4, 0.5) is 0 Å². The number of hydrogen-bond acceptors (Lipinski definition) is 6. The Morgan fingerprint density at radius 2 is 1.75 bits per heavy atom. The molecule has 2 fully saturated rings. The van der Waals surface area contributed by atoms with Crippen molar-refractivity contribution in [1.29, 1.82) is 0 Å². The SMILES string of the molecule is O=c1cc(Cn2cc3ccccc3c2)occ1OCC1CCN(S(=O)(=O)C2COC2)CC1. The quantitative estimate of drug-likeness (QED) is 0.540. The molecule has 0 N–H and O–H groups in total. The van der Waals surface area contributed by atoms with Gasteiger partial charge in [-0.3, -0.25) is 4.79 Å². The molecule has 0 aliphatic carbocycles. The van der Waals surface area contributed by atoms with Gasteiger partial charge >= 0.3 is 0 Å². The number of hydrogen-bond donors (Lipinski definition) is 0. The van der Waals surface area contributed by atoms with E-state index in [9.17, 15) is 13.2 Å². The molecule has 2 aliphatic rings. The first-order chi connectivity index (χ1) is 15.5. The molecule has 2 saturated heterocycles. The maximum Gasteiger partial charge on any atom is 0.227 e. The lowest BCUT2D eigenvalue weighted by molar-refractivity contribution is 0.0384. The highest BCUT2D eigenvalue weighted by Crippen LogP contribution is 2.25. The summed E-state index contributed by atoms with van der Waals surface area (Å²) in [5.74, 6) is 0.944. The Hall–Kier alpha value is -2.62. The van der Waals surface area contributed by atoms with Crippen LogP contribution in [0.25, 0.3) is 10.8 Å². The van der Waals surface area contributed by atoms with E-state index in [-0.39, 0.29) is 30.3 Å². The lowest BCUT2D eigenvalue weighted by atomic mass is 9.99. The van der Waals surface area contributed by atoms with Crippen molar-refractivity contribution in [3.05, 3.63) is 65.0 Å². The van der Waals surface area contributed by atoms with Crippen molar-refractivity contribution in [2.45, 2.75) is 24.6 Å². The number of benzene rings is 1. The molecule has 0 bridgehead atoms. The van der Waals surface area contributed by atoms with Crippen LogP contribution in [0.2, 0.25) is 0 Å². The molecule has 0 radical (unpaired) electrons. The zero-order chi connectivity index (χ0) is 22.1. The van der Waals surface area contributed by atoms with Crippen LogP contribution in [0, 0.1) is 5.92 Å². The van der Waals surface area contributed by atoms with Gasteiger partial charge in [0.1, 0.15) is 17.3 Å². The first-order valence-corrected chi connectivity index (χ1v) is 12.3. The van der Waals surface area contributed by atoms with Crippen LogP contribution in [0.3, 0.4) is 0 Å². The molecule has 0 atom stereocenters. The van der Waals surface area contributed by atoms with E-state index in [0.717, 1.165) is 10.8 Å². The Morgan fingerprint density at radius 3 is 2.34 bits per heavy atom. The average molecular weight is 459 g/mol. The molecule has 1 aromatic carbocycles. The number of sulfonamides is 1. The molecular weight excluding hydrogens is 432 g/mol. The van der Waals surface area contributed by atoms with E-state index < -0.39 is 15.3 Å². The molecule has 3 aromatic rings. The zero-order valence-corrected chi connectivity index (χ0v) is 18.5. The topological polar surface area (TPSA) is 91.0 Å². The molecule has 0 unspecified atom stereocenters. The lowest BCUT2D eigenvalue weighted by Crippen LogP contribution is -2.51. The number of ether oxygens (including phenoxy) is 2. The Morgan fingerprint density at radius 1 is 1.06 bits per heavy atom. The fraction of sp³-hybridized carbons (Fsp3) is 0.435. The Kier molecular flexibility index (Phi) is 5.79. The van der Waals surface area contributed by atoms with Crippen molar-refractivity contribution in [1.82, 2.24) is 8.87 Å². The van der Waals surface area contributed by atoms with Gasteiger partial charge in [-0.15, -0.1) is 0 Å². The van der Waals surface area contributed by atoms with Gasteiger partial charge in [0.15, 0.2) is 0 Å². The van der Waals surface area contributed by atoms with Crippen LogP contribution < -0.4 is 10.2 Å². The highest BCUT2D eigenvalue weighted by atomic mass is 32.2. The summed E-state index contributed by atoms with van der Waals surface area (Å²) >= 11 is 0. The van der Waals surface area contributed by atoms with Gasteiger partial charge in [0.2, 0.25) is 21.2 Å². The van der Waals surface area contributed by atoms with Crippen LogP contribution in [0.5, 0.6) is 5.75 Å². The van der Waals surface area contributed by atoms with E-state index in [4.69, 9.17) is 13.9 Å². The molecule has 9 heteroatoms. The first kappa shape index (κ1) is 21.2. The zero-order valence-electron chi connectivity index (χ0n) is 17.7. The maximum atomic E-state index is 12.5. The maximum absolute atomic E-state index is 12.5. The van der Waals surface area contributed by atoms with E-state index in [1.807, 2.05) is 41.2 Å². The van der Waals surface area contributed by atoms with Crippen LogP contribution in [0.15, 0.2) is 58.2 Å². The number of fused-ring (bicyclic) bond motifs is 1. The van der Waals surface area contributed by atoms with Gasteiger partial charge in [0.05, 0.1) is 26.4 Å². The fourth-order valence-electron chi connectivity index (χ4n) is 4.17. The van der Waals surface area contributed by atoms with Gasteiger partial charge in [-0.25, -0.2) is 12.7 Å². The summed E-state index contributed by atoms with van der Waals surface area (Å²) in [6.45, 7) is 2.36. The number of rotatable bonds is 7. The average Bonchev–Trinajstić information content (AvgIpc) is 3.14. The highest BCUT2D eigenvalue weighted by Gasteiger charge is 2.38. The van der Waals surface area contributed by atoms with Gasteiger partial charge in [0, 0.05) is 31.5 Å². The summed E-state index contributed by atoms with van der Waals surface area (Å²) < 4.78 is 44.9. The Balaban J connectivity index is 1.15. The highest BCUT2D eigenvalue weighted by molar-refractivity contribution is 7.89. The van der Waals surface area contributed by atoms with Gasteiger partial charge in [-0.1, -0.05) is 24.3 Å². The summed E-state index contributed by atoms with van der Waals surface area (Å²) in [7, 11) is -3.26. The fourth-order valence-corrected chi connectivity index (χ4v) is 5.85. The molecule has 5 rings (SSSR count). The third-order valence-corrected chi connectivity index (χ3v) is 8.43. The number of piperidine rings is 1. The molecule has 2 aromatic heterocycles. The second kappa shape index (κ2) is 8.73. The van der Waals surface area contributed by atoms with E-state index in [0.29, 0.717) is 44.8 Å².